The van der Waals surface area contributed by atoms with E-state index in [1.54, 1.807) is 0 Å². The minimum atomic E-state index is -0.211. The van der Waals surface area contributed by atoms with Crippen LogP contribution in [0.4, 0.5) is 17.1 Å². The summed E-state index contributed by atoms with van der Waals surface area (Å²) in [5, 5.41) is 0. The minimum Gasteiger partial charge on any atom is -0.398 e. The molecule has 0 aromatic heterocycles. The number of benzene rings is 8. The van der Waals surface area contributed by atoms with Crippen LogP contribution in [0, 0.1) is 6.92 Å². The van der Waals surface area contributed by atoms with Crippen LogP contribution < -0.4 is 16.1 Å². The number of hydrogen-bond acceptors (Lipinski definition) is 2. The van der Waals surface area contributed by atoms with Gasteiger partial charge in [-0.05, 0) is 93.8 Å². The second-order valence-electron chi connectivity index (χ2n) is 16.8. The van der Waals surface area contributed by atoms with Crippen LogP contribution in [-0.2, 0) is 5.41 Å². The highest BCUT2D eigenvalue weighted by Crippen LogP contribution is 2.56. The van der Waals surface area contributed by atoms with Gasteiger partial charge in [-0.2, -0.15) is 0 Å². The van der Waals surface area contributed by atoms with E-state index >= 15 is 0 Å². The Kier molecular flexibility index (Phi) is 10.7. The van der Waals surface area contributed by atoms with Crippen LogP contribution in [0.2, 0.25) is 0 Å². The normalized spacial score (nSPS) is 13.0. The summed E-state index contributed by atoms with van der Waals surface area (Å²) in [6.07, 6.45) is 6.35. The van der Waals surface area contributed by atoms with E-state index in [9.17, 15) is 0 Å². The van der Waals surface area contributed by atoms with Crippen LogP contribution in [0.25, 0.3) is 61.2 Å². The first-order chi connectivity index (χ1) is 30.2. The minimum absolute atomic E-state index is 0.211. The molecule has 0 fully saturated rings. The highest BCUT2D eigenvalue weighted by atomic mass is 15.2. The van der Waals surface area contributed by atoms with Crippen LogP contribution in [-0.4, -0.2) is 7.85 Å². The molecule has 0 saturated carbocycles. The smallest absolute Gasteiger partial charge is 0.142 e. The van der Waals surface area contributed by atoms with Gasteiger partial charge >= 0.3 is 0 Å². The van der Waals surface area contributed by atoms with Crippen LogP contribution in [0.5, 0.6) is 0 Å². The predicted molar refractivity (Wildman–Crippen MR) is 270 cm³/mol. The summed E-state index contributed by atoms with van der Waals surface area (Å²) in [7, 11) is 2.26. The fourth-order valence-electron chi connectivity index (χ4n) is 9.47. The van der Waals surface area contributed by atoms with Crippen molar-refractivity contribution in [3.05, 3.63) is 235 Å². The Bertz CT molecular complexity index is 3010. The quantitative estimate of drug-likeness (QED) is 0.0848. The average Bonchev–Trinajstić information content (AvgIpc) is 3.54. The Morgan fingerprint density at radius 1 is 0.581 bits per heavy atom. The van der Waals surface area contributed by atoms with Gasteiger partial charge in [0.2, 0.25) is 0 Å². The number of anilines is 3. The fraction of sp³-hybridized carbons (Fsp3) is 0.0847. The summed E-state index contributed by atoms with van der Waals surface area (Å²) < 4.78 is 0. The number of fused-ring (bicyclic) bond motifs is 3. The second-order valence-corrected chi connectivity index (χ2v) is 16.8. The van der Waals surface area contributed by atoms with E-state index in [2.05, 4.69) is 235 Å². The molecule has 3 heteroatoms. The van der Waals surface area contributed by atoms with Crippen molar-refractivity contribution in [2.45, 2.75) is 33.1 Å². The Labute approximate surface area is 368 Å². The summed E-state index contributed by atoms with van der Waals surface area (Å²) in [6, 6.07) is 65.7. The van der Waals surface area contributed by atoms with Crippen molar-refractivity contribution in [2.75, 3.05) is 10.6 Å². The first-order valence-electron chi connectivity index (χ1n) is 21.5. The van der Waals surface area contributed by atoms with Gasteiger partial charge in [-0.3, -0.25) is 0 Å². The molecule has 0 radical (unpaired) electrons. The molecular formula is C59H51BN2. The van der Waals surface area contributed by atoms with Crippen LogP contribution in [0.3, 0.4) is 0 Å². The van der Waals surface area contributed by atoms with E-state index < -0.39 is 0 Å². The van der Waals surface area contributed by atoms with Gasteiger partial charge in [0.25, 0.3) is 0 Å². The largest absolute Gasteiger partial charge is 0.398 e. The van der Waals surface area contributed by atoms with Crippen LogP contribution in [0.1, 0.15) is 43.0 Å². The van der Waals surface area contributed by atoms with Gasteiger partial charge < -0.3 is 10.6 Å². The zero-order valence-electron chi connectivity index (χ0n) is 36.3. The predicted octanol–water partition coefficient (Wildman–Crippen LogP) is 14.1. The molecule has 0 bridgehead atoms. The molecule has 0 aliphatic heterocycles. The van der Waals surface area contributed by atoms with Gasteiger partial charge in [0, 0.05) is 39.1 Å². The van der Waals surface area contributed by atoms with Crippen molar-refractivity contribution in [1.29, 1.82) is 0 Å². The molecule has 8 aromatic rings. The zero-order valence-corrected chi connectivity index (χ0v) is 36.3. The van der Waals surface area contributed by atoms with Crippen molar-refractivity contribution in [1.82, 2.24) is 0 Å². The lowest BCUT2D eigenvalue weighted by Gasteiger charge is -2.36. The zero-order chi connectivity index (χ0) is 43.0. The molecule has 0 heterocycles. The van der Waals surface area contributed by atoms with E-state index in [0.29, 0.717) is 0 Å². The van der Waals surface area contributed by atoms with Gasteiger partial charge in [-0.25, -0.2) is 0 Å². The van der Waals surface area contributed by atoms with E-state index in [1.807, 2.05) is 12.1 Å². The molecule has 1 aliphatic rings. The third kappa shape index (κ3) is 7.10. The molecule has 9 rings (SSSR count). The maximum Gasteiger partial charge on any atom is 0.142 e. The van der Waals surface area contributed by atoms with E-state index in [4.69, 9.17) is 5.73 Å². The number of allylic oxidation sites excluding steroid dienone is 4. The molecule has 0 saturated heterocycles. The summed E-state index contributed by atoms with van der Waals surface area (Å²) in [4.78, 5) is 2.54. The first-order valence-corrected chi connectivity index (χ1v) is 21.5. The highest BCUT2D eigenvalue weighted by molar-refractivity contribution is 6.38. The van der Waals surface area contributed by atoms with Crippen molar-refractivity contribution in [3.63, 3.8) is 0 Å². The topological polar surface area (TPSA) is 29.3 Å². The van der Waals surface area contributed by atoms with Gasteiger partial charge in [0.1, 0.15) is 7.85 Å². The highest BCUT2D eigenvalue weighted by Gasteiger charge is 2.39. The molecule has 2 nitrogen and oxygen atoms in total. The van der Waals surface area contributed by atoms with Crippen LogP contribution >= 0.6 is 0 Å². The standard InChI is InChI=1S/C59H51BN2/c1-6-19-54(46(7-2)42-24-15-10-16-25-42)62(58-52(60)35-34-51-57(58)48-26-17-18-27-50(48)59(51,4)5)55-38-45(41-22-13-9-14-23-41)36-49(56(55)43-30-28-39(3)29-31-43)47-33-32-44(37-53(47)61)40-20-11-8-12-21-40/h6-38H,1,60-61H2,2-5H3/b46-7-,54-19+. The lowest BCUT2D eigenvalue weighted by atomic mass is 9.80. The fourth-order valence-corrected chi connectivity index (χ4v) is 9.47. The molecule has 0 spiro atoms. The number of nitrogens with two attached hydrogens (primary N) is 1. The molecule has 0 amide bonds. The van der Waals surface area contributed by atoms with Gasteiger partial charge in [-0.1, -0.05) is 207 Å². The first kappa shape index (κ1) is 40.1. The van der Waals surface area contributed by atoms with Gasteiger partial charge in [0.15, 0.2) is 0 Å². The monoisotopic (exact) mass is 798 g/mol. The van der Waals surface area contributed by atoms with Gasteiger partial charge in [0.05, 0.1) is 11.4 Å². The lowest BCUT2D eigenvalue weighted by molar-refractivity contribution is 0.660. The molecule has 62 heavy (non-hydrogen) atoms. The van der Waals surface area contributed by atoms with Gasteiger partial charge in [-0.15, -0.1) is 0 Å². The molecular weight excluding hydrogens is 747 g/mol. The molecule has 300 valence electrons. The summed E-state index contributed by atoms with van der Waals surface area (Å²) in [5.41, 5.74) is 29.3. The Balaban J connectivity index is 1.46. The number of nitrogens with zero attached hydrogens (tertiary/aromatic N) is 1. The Morgan fingerprint density at radius 3 is 1.84 bits per heavy atom. The number of rotatable bonds is 10. The van der Waals surface area contributed by atoms with Crippen molar-refractivity contribution < 1.29 is 0 Å². The lowest BCUT2D eigenvalue weighted by Crippen LogP contribution is -2.27. The molecule has 1 aliphatic carbocycles. The van der Waals surface area contributed by atoms with Crippen molar-refractivity contribution >= 4 is 35.9 Å². The average molecular weight is 799 g/mol. The summed E-state index contributed by atoms with van der Waals surface area (Å²) in [5.74, 6) is 0. The van der Waals surface area contributed by atoms with E-state index in [0.717, 1.165) is 78.4 Å². The maximum absolute atomic E-state index is 7.27. The molecule has 8 aromatic carbocycles. The van der Waals surface area contributed by atoms with Crippen molar-refractivity contribution in [3.8, 4) is 55.6 Å². The third-order valence-corrected chi connectivity index (χ3v) is 12.6. The Morgan fingerprint density at radius 2 is 1.19 bits per heavy atom. The number of aryl methyl sites for hydroxylation is 1. The SMILES string of the molecule is Bc1ccc2c(c1N(C(=C/C=C)/C(=C\C)c1ccccc1)c1cc(-c3ccccc3)cc(-c3ccc(-c4ccccc4)cc3N)c1-c1ccc(C)cc1)-c1ccccc1C2(C)C. The molecule has 0 atom stereocenters. The summed E-state index contributed by atoms with van der Waals surface area (Å²) >= 11 is 0. The Hall–Kier alpha value is -7.36. The molecule has 0 unspecified atom stereocenters. The van der Waals surface area contributed by atoms with Crippen molar-refractivity contribution in [2.24, 2.45) is 0 Å². The van der Waals surface area contributed by atoms with E-state index in [-0.39, 0.29) is 5.41 Å². The number of hydrogen-bond donors (Lipinski definition) is 1. The van der Waals surface area contributed by atoms with E-state index in [1.165, 1.54) is 33.3 Å². The van der Waals surface area contributed by atoms with Crippen LogP contribution in [0.15, 0.2) is 212 Å². The second kappa shape index (κ2) is 16.6. The number of nitrogen functional groups attached to an aromatic ring is 1. The maximum atomic E-state index is 7.27. The summed E-state index contributed by atoms with van der Waals surface area (Å²) in [6.45, 7) is 13.4. The molecule has 2 N–H and O–H groups in total. The third-order valence-electron chi connectivity index (χ3n) is 12.6.